The molecule has 1 heterocycles. The molecule has 3 aromatic carbocycles. The number of benzene rings is 3. The highest BCUT2D eigenvalue weighted by Crippen LogP contribution is 2.37. The fraction of sp³-hybridized carbons (Fsp3) is 0.0455. The maximum Gasteiger partial charge on any atom is 0.175 e. The predicted octanol–water partition coefficient (Wildman–Crippen LogP) is 6.43. The Morgan fingerprint density at radius 1 is 0.962 bits per heavy atom. The summed E-state index contributed by atoms with van der Waals surface area (Å²) in [6.07, 6.45) is 3.54. The van der Waals surface area contributed by atoms with E-state index < -0.39 is 0 Å². The summed E-state index contributed by atoms with van der Waals surface area (Å²) in [6.45, 7) is 0. The average molecular weight is 362 g/mol. The first-order valence-electron chi connectivity index (χ1n) is 8.21. The Morgan fingerprint density at radius 2 is 1.81 bits per heavy atom. The van der Waals surface area contributed by atoms with Crippen molar-refractivity contribution in [1.29, 1.82) is 0 Å². The minimum absolute atomic E-state index is 0.661. The van der Waals surface area contributed by atoms with Gasteiger partial charge in [0.25, 0.3) is 0 Å². The Kier molecular flexibility index (Phi) is 4.46. The Labute approximate surface area is 156 Å². The molecule has 0 atom stereocenters. The number of hydrogen-bond donors (Lipinski definition) is 0. The maximum atomic E-state index is 6.25. The van der Waals surface area contributed by atoms with Crippen LogP contribution in [0.5, 0.6) is 0 Å². The summed E-state index contributed by atoms with van der Waals surface area (Å²) in [5.41, 5.74) is 5.48. The van der Waals surface area contributed by atoms with Gasteiger partial charge in [-0.15, -0.1) is 0 Å². The third-order valence-corrected chi connectivity index (χ3v) is 4.47. The van der Waals surface area contributed by atoms with E-state index in [-0.39, 0.29) is 0 Å². The van der Waals surface area contributed by atoms with Crippen molar-refractivity contribution >= 4 is 28.6 Å². The van der Waals surface area contributed by atoms with E-state index in [4.69, 9.17) is 20.9 Å². The first-order chi connectivity index (χ1) is 12.8. The molecule has 0 bridgehead atoms. The monoisotopic (exact) mass is 361 g/mol. The third kappa shape index (κ3) is 2.98. The van der Waals surface area contributed by atoms with Crippen molar-refractivity contribution < 1.29 is 9.26 Å². The van der Waals surface area contributed by atoms with Gasteiger partial charge in [0.1, 0.15) is 5.69 Å². The summed E-state index contributed by atoms with van der Waals surface area (Å²) in [5, 5.41) is 5.94. The zero-order valence-corrected chi connectivity index (χ0v) is 14.9. The minimum atomic E-state index is 0.661. The second-order valence-electron chi connectivity index (χ2n) is 5.85. The van der Waals surface area contributed by atoms with Crippen LogP contribution in [0.3, 0.4) is 0 Å². The lowest BCUT2D eigenvalue weighted by Gasteiger charge is -2.08. The molecule has 4 heteroatoms. The molecule has 3 nitrogen and oxygen atoms in total. The molecule has 0 N–H and O–H groups in total. The molecule has 1 aromatic heterocycles. The van der Waals surface area contributed by atoms with Crippen molar-refractivity contribution in [3.05, 3.63) is 83.6 Å². The molecular formula is C22H16ClNO2. The van der Waals surface area contributed by atoms with Crippen LogP contribution in [0.1, 0.15) is 5.56 Å². The lowest BCUT2D eigenvalue weighted by atomic mass is 9.97. The molecule has 0 aliphatic carbocycles. The number of fused-ring (bicyclic) bond motifs is 1. The number of hydrogen-bond acceptors (Lipinski definition) is 3. The van der Waals surface area contributed by atoms with Gasteiger partial charge >= 0.3 is 0 Å². The van der Waals surface area contributed by atoms with Crippen LogP contribution in [0.4, 0.5) is 0 Å². The Balaban J connectivity index is 1.93. The van der Waals surface area contributed by atoms with Crippen molar-refractivity contribution in [3.8, 4) is 22.4 Å². The molecule has 128 valence electrons. The van der Waals surface area contributed by atoms with Crippen molar-refractivity contribution in [3.63, 3.8) is 0 Å². The Morgan fingerprint density at radius 3 is 2.62 bits per heavy atom. The van der Waals surface area contributed by atoms with E-state index in [0.29, 0.717) is 5.02 Å². The molecule has 0 saturated carbocycles. The van der Waals surface area contributed by atoms with Crippen LogP contribution in [-0.2, 0) is 4.74 Å². The average Bonchev–Trinajstić information content (AvgIpc) is 3.12. The Hall–Kier alpha value is -3.04. The van der Waals surface area contributed by atoms with Crippen LogP contribution in [-0.4, -0.2) is 12.3 Å². The van der Waals surface area contributed by atoms with Gasteiger partial charge in [-0.2, -0.15) is 0 Å². The largest absolute Gasteiger partial charge is 0.504 e. The summed E-state index contributed by atoms with van der Waals surface area (Å²) in [4.78, 5) is 0. The standard InChI is InChI=1S/C22H16ClNO2/c1-25-13-12-15-10-11-17(23)14-20(15)18-8-5-9-19-21(24-26-22(18)19)16-6-3-2-4-7-16/h2-14H,1H3. The lowest BCUT2D eigenvalue weighted by molar-refractivity contribution is 0.341. The number of aromatic nitrogens is 1. The fourth-order valence-corrected chi connectivity index (χ4v) is 3.20. The lowest BCUT2D eigenvalue weighted by Crippen LogP contribution is -1.85. The molecule has 4 aromatic rings. The number of ether oxygens (including phenoxy) is 1. The van der Waals surface area contributed by atoms with Crippen LogP contribution in [0.2, 0.25) is 5.02 Å². The van der Waals surface area contributed by atoms with Crippen molar-refractivity contribution in [2.75, 3.05) is 7.11 Å². The van der Waals surface area contributed by atoms with Gasteiger partial charge in [-0.05, 0) is 35.4 Å². The summed E-state index contributed by atoms with van der Waals surface area (Å²) < 4.78 is 10.8. The summed E-state index contributed by atoms with van der Waals surface area (Å²) in [5.74, 6) is 0. The van der Waals surface area contributed by atoms with Gasteiger partial charge in [0.05, 0.1) is 18.8 Å². The van der Waals surface area contributed by atoms with E-state index in [9.17, 15) is 0 Å². The van der Waals surface area contributed by atoms with Crippen LogP contribution in [0.15, 0.2) is 77.5 Å². The number of methoxy groups -OCH3 is 1. The van der Waals surface area contributed by atoms with Crippen molar-refractivity contribution in [1.82, 2.24) is 5.16 Å². The SMILES string of the molecule is COC=Cc1ccc(Cl)cc1-c1cccc2c(-c3ccccc3)noc12. The maximum absolute atomic E-state index is 6.25. The highest BCUT2D eigenvalue weighted by atomic mass is 35.5. The third-order valence-electron chi connectivity index (χ3n) is 4.23. The molecule has 0 aliphatic heterocycles. The molecule has 0 fully saturated rings. The molecule has 4 rings (SSSR count). The highest BCUT2D eigenvalue weighted by molar-refractivity contribution is 6.31. The molecule has 0 saturated heterocycles. The van der Waals surface area contributed by atoms with Gasteiger partial charge in [0, 0.05) is 16.1 Å². The van der Waals surface area contributed by atoms with Crippen LogP contribution >= 0.6 is 11.6 Å². The first-order valence-corrected chi connectivity index (χ1v) is 8.59. The number of nitrogens with zero attached hydrogens (tertiary/aromatic N) is 1. The first kappa shape index (κ1) is 16.4. The van der Waals surface area contributed by atoms with Crippen molar-refractivity contribution in [2.45, 2.75) is 0 Å². The topological polar surface area (TPSA) is 35.3 Å². The molecule has 0 unspecified atom stereocenters. The fourth-order valence-electron chi connectivity index (χ4n) is 3.03. The summed E-state index contributed by atoms with van der Waals surface area (Å²) in [7, 11) is 1.62. The second kappa shape index (κ2) is 7.06. The van der Waals surface area contributed by atoms with Gasteiger partial charge in [0.15, 0.2) is 5.58 Å². The van der Waals surface area contributed by atoms with Crippen LogP contribution in [0.25, 0.3) is 39.4 Å². The zero-order chi connectivity index (χ0) is 17.9. The van der Waals surface area contributed by atoms with E-state index in [2.05, 4.69) is 5.16 Å². The molecule has 0 spiro atoms. The van der Waals surface area contributed by atoms with E-state index >= 15 is 0 Å². The number of rotatable bonds is 4. The normalized spacial score (nSPS) is 11.3. The van der Waals surface area contributed by atoms with Gasteiger partial charge in [-0.25, -0.2) is 0 Å². The van der Waals surface area contributed by atoms with Gasteiger partial charge in [-0.3, -0.25) is 0 Å². The van der Waals surface area contributed by atoms with Gasteiger partial charge in [-0.1, -0.05) is 65.3 Å². The van der Waals surface area contributed by atoms with Crippen molar-refractivity contribution in [2.24, 2.45) is 0 Å². The smallest absolute Gasteiger partial charge is 0.175 e. The van der Waals surface area contributed by atoms with E-state index in [1.807, 2.05) is 72.8 Å². The van der Waals surface area contributed by atoms with E-state index in [1.54, 1.807) is 13.4 Å². The molecule has 0 amide bonds. The predicted molar refractivity (Wildman–Crippen MR) is 106 cm³/mol. The summed E-state index contributed by atoms with van der Waals surface area (Å²) in [6, 6.07) is 21.8. The number of para-hydroxylation sites is 1. The highest BCUT2D eigenvalue weighted by Gasteiger charge is 2.16. The minimum Gasteiger partial charge on any atom is -0.504 e. The van der Waals surface area contributed by atoms with E-state index in [1.165, 1.54) is 0 Å². The van der Waals surface area contributed by atoms with Crippen LogP contribution < -0.4 is 0 Å². The zero-order valence-electron chi connectivity index (χ0n) is 14.1. The molecular weight excluding hydrogens is 346 g/mol. The van der Waals surface area contributed by atoms with Crippen LogP contribution in [0, 0.1) is 0 Å². The van der Waals surface area contributed by atoms with E-state index in [0.717, 1.165) is 38.9 Å². The second-order valence-corrected chi connectivity index (χ2v) is 6.29. The molecule has 0 aliphatic rings. The molecule has 0 radical (unpaired) electrons. The van der Waals surface area contributed by atoms with Gasteiger partial charge in [0.2, 0.25) is 0 Å². The number of halogens is 1. The molecule has 26 heavy (non-hydrogen) atoms. The Bertz CT molecular complexity index is 1080. The summed E-state index contributed by atoms with van der Waals surface area (Å²) >= 11 is 6.25. The quantitative estimate of drug-likeness (QED) is 0.393. The van der Waals surface area contributed by atoms with Gasteiger partial charge < -0.3 is 9.26 Å².